The Bertz CT molecular complexity index is 984. The fourth-order valence-corrected chi connectivity index (χ4v) is 3.38. The molecule has 0 saturated carbocycles. The van der Waals surface area contributed by atoms with Gasteiger partial charge in [0, 0.05) is 29.1 Å². The molecular formula is C20H17ClN4O. The van der Waals surface area contributed by atoms with E-state index in [4.69, 9.17) is 11.6 Å². The van der Waals surface area contributed by atoms with Gasteiger partial charge < -0.3 is 10.2 Å². The summed E-state index contributed by atoms with van der Waals surface area (Å²) >= 11 is 6.53. The molecule has 1 aliphatic heterocycles. The molecule has 0 radical (unpaired) electrons. The second kappa shape index (κ2) is 6.77. The molecule has 1 fully saturated rings. The Balaban J connectivity index is 1.62. The number of nitrogens with zero attached hydrogens (tertiary/aromatic N) is 3. The van der Waals surface area contributed by atoms with Crippen molar-refractivity contribution in [3.8, 4) is 11.1 Å². The highest BCUT2D eigenvalue weighted by atomic mass is 35.5. The van der Waals surface area contributed by atoms with E-state index in [0.29, 0.717) is 18.1 Å². The highest BCUT2D eigenvalue weighted by Crippen LogP contribution is 2.33. The highest BCUT2D eigenvalue weighted by Gasteiger charge is 2.29. The van der Waals surface area contributed by atoms with E-state index < -0.39 is 0 Å². The van der Waals surface area contributed by atoms with Crippen LogP contribution in [-0.2, 0) is 4.79 Å². The van der Waals surface area contributed by atoms with E-state index in [1.165, 1.54) is 6.08 Å². The van der Waals surface area contributed by atoms with Gasteiger partial charge in [0.05, 0.1) is 11.6 Å². The minimum Gasteiger partial charge on any atom is -0.363 e. The number of halogens is 1. The molecule has 4 rings (SSSR count). The summed E-state index contributed by atoms with van der Waals surface area (Å²) in [5, 5.41) is 4.90. The van der Waals surface area contributed by atoms with Gasteiger partial charge in [-0.2, -0.15) is 0 Å². The van der Waals surface area contributed by atoms with E-state index in [0.717, 1.165) is 27.8 Å². The zero-order valence-electron chi connectivity index (χ0n) is 14.0. The first-order valence-corrected chi connectivity index (χ1v) is 8.71. The number of anilines is 1. The van der Waals surface area contributed by atoms with E-state index in [9.17, 15) is 4.79 Å². The summed E-state index contributed by atoms with van der Waals surface area (Å²) in [4.78, 5) is 22.0. The number of hydrogen-bond donors (Lipinski definition) is 1. The molecule has 5 nitrogen and oxygen atoms in total. The number of fused-ring (bicyclic) bond motifs is 1. The molecule has 1 aliphatic rings. The van der Waals surface area contributed by atoms with Gasteiger partial charge in [-0.25, -0.2) is 9.97 Å². The lowest BCUT2D eigenvalue weighted by Crippen LogP contribution is -2.56. The largest absolute Gasteiger partial charge is 0.363 e. The molecule has 1 N–H and O–H groups in total. The van der Waals surface area contributed by atoms with Crippen molar-refractivity contribution in [1.82, 2.24) is 14.9 Å². The van der Waals surface area contributed by atoms with Gasteiger partial charge in [-0.05, 0) is 23.8 Å². The maximum atomic E-state index is 11.6. The number of carbonyl (C=O) groups excluding carboxylic acids is 1. The fraction of sp³-hybridized carbons (Fsp3) is 0.150. The molecule has 1 aromatic heterocycles. The quantitative estimate of drug-likeness (QED) is 0.716. The molecule has 26 heavy (non-hydrogen) atoms. The van der Waals surface area contributed by atoms with Crippen LogP contribution in [0.2, 0.25) is 5.02 Å². The number of aromatic nitrogens is 2. The summed E-state index contributed by atoms with van der Waals surface area (Å²) in [5.41, 5.74) is 2.81. The van der Waals surface area contributed by atoms with Crippen LogP contribution in [0.3, 0.4) is 0 Å². The maximum absolute atomic E-state index is 11.6. The SMILES string of the molecule is C=CC(=O)N1CC(Nc2ncnc3cc(-c4ccccc4)c(Cl)cc23)C1. The van der Waals surface area contributed by atoms with Crippen LogP contribution in [0.5, 0.6) is 0 Å². The van der Waals surface area contributed by atoms with Crippen molar-refractivity contribution < 1.29 is 4.79 Å². The maximum Gasteiger partial charge on any atom is 0.246 e. The second-order valence-electron chi connectivity index (χ2n) is 6.23. The molecule has 2 aromatic carbocycles. The van der Waals surface area contributed by atoms with Crippen LogP contribution in [0, 0.1) is 0 Å². The van der Waals surface area contributed by atoms with Crippen molar-refractivity contribution in [3.63, 3.8) is 0 Å². The number of nitrogens with one attached hydrogen (secondary N) is 1. The third-order valence-corrected chi connectivity index (χ3v) is 4.83. The minimum atomic E-state index is -0.0499. The van der Waals surface area contributed by atoms with Gasteiger partial charge in [0.25, 0.3) is 0 Å². The van der Waals surface area contributed by atoms with Gasteiger partial charge in [-0.1, -0.05) is 48.5 Å². The van der Waals surface area contributed by atoms with Crippen molar-refractivity contribution in [2.75, 3.05) is 18.4 Å². The Kier molecular flexibility index (Phi) is 4.31. The fourth-order valence-electron chi connectivity index (χ4n) is 3.10. The molecule has 0 bridgehead atoms. The first-order chi connectivity index (χ1) is 12.7. The lowest BCUT2D eigenvalue weighted by molar-refractivity contribution is -0.129. The lowest BCUT2D eigenvalue weighted by atomic mass is 10.0. The normalized spacial score (nSPS) is 14.1. The van der Waals surface area contributed by atoms with E-state index >= 15 is 0 Å². The number of carbonyl (C=O) groups is 1. The Morgan fingerprint density at radius 2 is 2.00 bits per heavy atom. The predicted molar refractivity (Wildman–Crippen MR) is 104 cm³/mol. The summed E-state index contributed by atoms with van der Waals surface area (Å²) in [6.07, 6.45) is 2.87. The summed E-state index contributed by atoms with van der Waals surface area (Å²) < 4.78 is 0. The first-order valence-electron chi connectivity index (χ1n) is 8.33. The third-order valence-electron chi connectivity index (χ3n) is 4.52. The van der Waals surface area contributed by atoms with Crippen LogP contribution >= 0.6 is 11.6 Å². The van der Waals surface area contributed by atoms with Gasteiger partial charge in [0.1, 0.15) is 12.1 Å². The summed E-state index contributed by atoms with van der Waals surface area (Å²) in [6.45, 7) is 4.77. The van der Waals surface area contributed by atoms with E-state index in [1.807, 2.05) is 42.5 Å². The summed E-state index contributed by atoms with van der Waals surface area (Å²) in [5.74, 6) is 0.679. The van der Waals surface area contributed by atoms with Crippen LogP contribution in [-0.4, -0.2) is 39.9 Å². The second-order valence-corrected chi connectivity index (χ2v) is 6.63. The highest BCUT2D eigenvalue weighted by molar-refractivity contribution is 6.34. The number of amides is 1. The molecule has 0 aliphatic carbocycles. The molecule has 6 heteroatoms. The molecule has 0 unspecified atom stereocenters. The summed E-state index contributed by atoms with van der Waals surface area (Å²) in [7, 11) is 0. The average molecular weight is 365 g/mol. The van der Waals surface area contributed by atoms with Gasteiger partial charge in [0.2, 0.25) is 5.91 Å². The van der Waals surface area contributed by atoms with Crippen molar-refractivity contribution >= 4 is 34.2 Å². The number of rotatable bonds is 4. The molecule has 1 amide bonds. The smallest absolute Gasteiger partial charge is 0.246 e. The molecule has 2 heterocycles. The lowest BCUT2D eigenvalue weighted by Gasteiger charge is -2.39. The Morgan fingerprint density at radius 1 is 1.23 bits per heavy atom. The Labute approximate surface area is 156 Å². The molecule has 0 spiro atoms. The number of likely N-dealkylation sites (tertiary alicyclic amines) is 1. The molecule has 3 aromatic rings. The molecular weight excluding hydrogens is 348 g/mol. The number of hydrogen-bond acceptors (Lipinski definition) is 4. The molecule has 130 valence electrons. The number of benzene rings is 2. The Hall–Kier alpha value is -2.92. The predicted octanol–water partition coefficient (Wildman–Crippen LogP) is 3.76. The molecule has 1 saturated heterocycles. The van der Waals surface area contributed by atoms with Crippen LogP contribution in [0.25, 0.3) is 22.0 Å². The van der Waals surface area contributed by atoms with Crippen LogP contribution < -0.4 is 5.32 Å². The monoisotopic (exact) mass is 364 g/mol. The topological polar surface area (TPSA) is 58.1 Å². The van der Waals surface area contributed by atoms with Crippen LogP contribution in [0.4, 0.5) is 5.82 Å². The van der Waals surface area contributed by atoms with Gasteiger partial charge in [-0.3, -0.25) is 4.79 Å². The van der Waals surface area contributed by atoms with Gasteiger partial charge in [0.15, 0.2) is 0 Å². The van der Waals surface area contributed by atoms with E-state index in [2.05, 4.69) is 21.9 Å². The average Bonchev–Trinajstić information content (AvgIpc) is 2.64. The van der Waals surface area contributed by atoms with Gasteiger partial charge in [-0.15, -0.1) is 0 Å². The van der Waals surface area contributed by atoms with Crippen molar-refractivity contribution in [2.45, 2.75) is 6.04 Å². The standard InChI is InChI=1S/C20H17ClN4O/c1-2-19(26)25-10-14(11-25)24-20-16-8-17(21)15(9-18(16)22-12-23-20)13-6-4-3-5-7-13/h2-9,12,14H,1,10-11H2,(H,22,23,24). The van der Waals surface area contributed by atoms with E-state index in [1.54, 1.807) is 11.2 Å². The zero-order chi connectivity index (χ0) is 18.1. The zero-order valence-corrected chi connectivity index (χ0v) is 14.8. The van der Waals surface area contributed by atoms with Crippen LogP contribution in [0.1, 0.15) is 0 Å². The van der Waals surface area contributed by atoms with Crippen molar-refractivity contribution in [2.24, 2.45) is 0 Å². The minimum absolute atomic E-state index is 0.0499. The van der Waals surface area contributed by atoms with Crippen molar-refractivity contribution in [3.05, 3.63) is 66.5 Å². The van der Waals surface area contributed by atoms with E-state index in [-0.39, 0.29) is 11.9 Å². The molecule has 0 atom stereocenters. The third kappa shape index (κ3) is 3.02. The van der Waals surface area contributed by atoms with Crippen LogP contribution in [0.15, 0.2) is 61.4 Å². The van der Waals surface area contributed by atoms with Gasteiger partial charge >= 0.3 is 0 Å². The first kappa shape index (κ1) is 16.5. The Morgan fingerprint density at radius 3 is 2.73 bits per heavy atom. The summed E-state index contributed by atoms with van der Waals surface area (Å²) in [6, 6.07) is 14.0. The van der Waals surface area contributed by atoms with Crippen molar-refractivity contribution in [1.29, 1.82) is 0 Å².